The van der Waals surface area contributed by atoms with Crippen molar-refractivity contribution >= 4 is 55.3 Å². The summed E-state index contributed by atoms with van der Waals surface area (Å²) in [5.74, 6) is 1.60. The van der Waals surface area contributed by atoms with Gasteiger partial charge in [-0.15, -0.1) is 0 Å². The van der Waals surface area contributed by atoms with Crippen LogP contribution in [0, 0.1) is 0 Å². The third-order valence-corrected chi connectivity index (χ3v) is 8.72. The van der Waals surface area contributed by atoms with E-state index in [1.165, 1.54) is 7.11 Å². The molecule has 0 aliphatic carbocycles. The number of fused-ring (bicyclic) bond motifs is 2. The number of hydrogen-bond acceptors (Lipinski definition) is 8. The lowest BCUT2D eigenvalue weighted by Gasteiger charge is -2.44. The van der Waals surface area contributed by atoms with E-state index in [2.05, 4.69) is 41.9 Å². The number of ether oxygens (including phenoxy) is 5. The number of hydrogen-bond donors (Lipinski definition) is 1. The predicted octanol–water partition coefficient (Wildman–Crippen LogP) is 4.58. The van der Waals surface area contributed by atoms with Gasteiger partial charge in [0.1, 0.15) is 11.5 Å². The number of ketones is 1. The third kappa shape index (κ3) is 6.40. The van der Waals surface area contributed by atoms with E-state index in [-0.39, 0.29) is 18.2 Å². The number of benzene rings is 2. The lowest BCUT2D eigenvalue weighted by atomic mass is 9.83. The fourth-order valence-corrected chi connectivity index (χ4v) is 6.20. The Hall–Kier alpha value is -2.67. The summed E-state index contributed by atoms with van der Waals surface area (Å²) in [6.45, 7) is 2.83. The largest absolute Gasteiger partial charge is 0.479 e. The molecule has 2 fully saturated rings. The van der Waals surface area contributed by atoms with Crippen LogP contribution in [0.3, 0.4) is 0 Å². The number of halogens is 2. The van der Waals surface area contributed by atoms with Gasteiger partial charge in [0, 0.05) is 59.7 Å². The van der Waals surface area contributed by atoms with Gasteiger partial charge in [0.15, 0.2) is 17.0 Å². The van der Waals surface area contributed by atoms with Crippen LogP contribution >= 0.6 is 31.9 Å². The van der Waals surface area contributed by atoms with Crippen LogP contribution in [0.5, 0.6) is 11.5 Å². The Morgan fingerprint density at radius 3 is 2.15 bits per heavy atom. The van der Waals surface area contributed by atoms with Crippen molar-refractivity contribution in [1.29, 1.82) is 0 Å². The molecular weight excluding hydrogens is 664 g/mol. The summed E-state index contributed by atoms with van der Waals surface area (Å²) < 4.78 is 29.2. The van der Waals surface area contributed by atoms with E-state index < -0.39 is 17.3 Å². The minimum atomic E-state index is -0.885. The zero-order valence-corrected chi connectivity index (χ0v) is 25.9. The lowest BCUT2D eigenvalue weighted by molar-refractivity contribution is -0.144. The molecule has 0 unspecified atom stereocenters. The second-order valence-electron chi connectivity index (χ2n) is 10.3. The Bertz CT molecular complexity index is 1310. The highest BCUT2D eigenvalue weighted by molar-refractivity contribution is 9.10. The maximum Gasteiger partial charge on any atom is 0.406 e. The fraction of sp³-hybridized carbons (Fsp3) is 0.483. The average Bonchev–Trinajstić information content (AvgIpc) is 2.98. The van der Waals surface area contributed by atoms with Crippen LogP contribution in [-0.2, 0) is 30.2 Å². The SMILES string of the molecule is COC(=O)NCCN1C(=O)C2(CCOCC2)Oc2ccc(Br)cc21.O=C1Cc2cc(Br)ccc2OC12CCOCC2. The Kier molecular flexibility index (Phi) is 9.22. The van der Waals surface area contributed by atoms with Crippen LogP contribution in [-0.4, -0.2) is 75.6 Å². The average molecular weight is 696 g/mol. The summed E-state index contributed by atoms with van der Waals surface area (Å²) in [6.07, 6.45) is 2.31. The summed E-state index contributed by atoms with van der Waals surface area (Å²) in [4.78, 5) is 38.3. The number of methoxy groups -OCH3 is 1. The molecule has 12 heteroatoms. The number of anilines is 1. The number of carbonyl (C=O) groups excluding carboxylic acids is 3. The van der Waals surface area contributed by atoms with Crippen molar-refractivity contribution in [3.05, 3.63) is 50.9 Å². The number of alkyl carbamates (subject to hydrolysis) is 1. The molecule has 2 aromatic rings. The molecule has 0 bridgehead atoms. The molecule has 4 aliphatic heterocycles. The molecule has 2 amide bonds. The topological polar surface area (TPSA) is 113 Å². The Labute approximate surface area is 255 Å². The normalized spacial score (nSPS) is 20.1. The maximum absolute atomic E-state index is 13.1. The molecule has 41 heavy (non-hydrogen) atoms. The van der Waals surface area contributed by atoms with Crippen molar-refractivity contribution in [2.45, 2.75) is 43.3 Å². The first-order valence-electron chi connectivity index (χ1n) is 13.5. The van der Waals surface area contributed by atoms with E-state index in [0.717, 1.165) is 20.3 Å². The van der Waals surface area contributed by atoms with E-state index in [1.807, 2.05) is 36.4 Å². The van der Waals surface area contributed by atoms with Gasteiger partial charge in [0.25, 0.3) is 5.91 Å². The van der Waals surface area contributed by atoms with E-state index >= 15 is 0 Å². The van der Waals surface area contributed by atoms with Gasteiger partial charge in [0.05, 0.1) is 39.2 Å². The summed E-state index contributed by atoms with van der Waals surface area (Å²) in [6, 6.07) is 11.4. The number of Topliss-reactive ketones (excluding diaryl/α,β-unsaturated/α-hetero) is 1. The van der Waals surface area contributed by atoms with Crippen LogP contribution in [0.2, 0.25) is 0 Å². The molecule has 10 nitrogen and oxygen atoms in total. The number of carbonyl (C=O) groups is 3. The monoisotopic (exact) mass is 694 g/mol. The molecule has 0 atom stereocenters. The van der Waals surface area contributed by atoms with Crippen LogP contribution in [0.15, 0.2) is 45.3 Å². The zero-order chi connectivity index (χ0) is 29.0. The van der Waals surface area contributed by atoms with Gasteiger partial charge >= 0.3 is 6.09 Å². The van der Waals surface area contributed by atoms with Gasteiger partial charge in [-0.1, -0.05) is 31.9 Å². The highest BCUT2D eigenvalue weighted by Crippen LogP contribution is 2.43. The molecule has 220 valence electrons. The molecule has 0 aromatic heterocycles. The summed E-state index contributed by atoms with van der Waals surface area (Å²) in [7, 11) is 1.30. The minimum Gasteiger partial charge on any atom is -0.479 e. The highest BCUT2D eigenvalue weighted by atomic mass is 79.9. The molecule has 2 saturated heterocycles. The number of rotatable bonds is 3. The first kappa shape index (κ1) is 29.8. The van der Waals surface area contributed by atoms with E-state index in [1.54, 1.807) is 4.90 Å². The molecule has 1 N–H and O–H groups in total. The van der Waals surface area contributed by atoms with Crippen molar-refractivity contribution in [3.8, 4) is 11.5 Å². The number of nitrogens with one attached hydrogen (secondary N) is 1. The van der Waals surface area contributed by atoms with Crippen LogP contribution in [0.1, 0.15) is 31.2 Å². The van der Waals surface area contributed by atoms with Gasteiger partial charge in [-0.3, -0.25) is 9.59 Å². The molecule has 2 aromatic carbocycles. The second-order valence-corrected chi connectivity index (χ2v) is 12.1. The van der Waals surface area contributed by atoms with E-state index in [0.29, 0.717) is 76.5 Å². The second kappa shape index (κ2) is 12.7. The van der Waals surface area contributed by atoms with Crippen molar-refractivity contribution in [2.24, 2.45) is 0 Å². The van der Waals surface area contributed by atoms with E-state index in [9.17, 15) is 14.4 Å². The van der Waals surface area contributed by atoms with Gasteiger partial charge < -0.3 is 33.9 Å². The van der Waals surface area contributed by atoms with Gasteiger partial charge in [0.2, 0.25) is 0 Å². The highest BCUT2D eigenvalue weighted by Gasteiger charge is 2.49. The van der Waals surface area contributed by atoms with Crippen LogP contribution in [0.4, 0.5) is 10.5 Å². The standard InChI is InChI=1S/C16H19BrN2O5.C13H13BrO3/c1-22-15(21)18-6-7-19-12-10-11(17)2-3-13(12)24-16(14(19)20)4-8-23-9-5-16;14-10-1-2-11-9(7-10)8-12(15)13(17-11)3-5-16-6-4-13/h2-3,10H,4-9H2,1H3,(H,18,21);1-2,7H,3-6,8H2. The van der Waals surface area contributed by atoms with Crippen LogP contribution < -0.4 is 19.7 Å². The number of nitrogens with zero attached hydrogens (tertiary/aromatic N) is 1. The molecule has 6 rings (SSSR count). The number of amides is 2. The zero-order valence-electron chi connectivity index (χ0n) is 22.7. The van der Waals surface area contributed by atoms with Crippen molar-refractivity contribution in [1.82, 2.24) is 5.32 Å². The summed E-state index contributed by atoms with van der Waals surface area (Å²) in [5, 5.41) is 2.60. The van der Waals surface area contributed by atoms with Crippen molar-refractivity contribution < 1.29 is 38.1 Å². The smallest absolute Gasteiger partial charge is 0.406 e. The first-order valence-corrected chi connectivity index (χ1v) is 15.1. The summed E-state index contributed by atoms with van der Waals surface area (Å²) >= 11 is 6.84. The van der Waals surface area contributed by atoms with Gasteiger partial charge in [-0.2, -0.15) is 0 Å². The minimum absolute atomic E-state index is 0.0944. The van der Waals surface area contributed by atoms with E-state index in [4.69, 9.17) is 18.9 Å². The van der Waals surface area contributed by atoms with Gasteiger partial charge in [-0.05, 0) is 36.4 Å². The van der Waals surface area contributed by atoms with Crippen molar-refractivity contribution in [3.63, 3.8) is 0 Å². The van der Waals surface area contributed by atoms with Gasteiger partial charge in [-0.25, -0.2) is 4.79 Å². The summed E-state index contributed by atoms with van der Waals surface area (Å²) in [5.41, 5.74) is 0.156. The molecule has 0 saturated carbocycles. The molecule has 0 radical (unpaired) electrons. The Balaban J connectivity index is 0.000000174. The Morgan fingerprint density at radius 2 is 1.49 bits per heavy atom. The lowest BCUT2D eigenvalue weighted by Crippen LogP contribution is -2.59. The fourth-order valence-electron chi connectivity index (χ4n) is 5.45. The third-order valence-electron chi connectivity index (χ3n) is 7.73. The Morgan fingerprint density at radius 1 is 0.902 bits per heavy atom. The molecule has 2 spiro atoms. The molecular formula is C29H32Br2N2O8. The van der Waals surface area contributed by atoms with Crippen LogP contribution in [0.25, 0.3) is 0 Å². The van der Waals surface area contributed by atoms with Crippen molar-refractivity contribution in [2.75, 3.05) is 51.5 Å². The molecule has 4 aliphatic rings. The molecule has 4 heterocycles. The quantitative estimate of drug-likeness (QED) is 0.497. The maximum atomic E-state index is 13.1. The predicted molar refractivity (Wildman–Crippen MR) is 157 cm³/mol. The first-order chi connectivity index (χ1) is 19.7.